The van der Waals surface area contributed by atoms with Gasteiger partial charge in [-0.1, -0.05) is 24.3 Å². The Balaban J connectivity index is 1.93. The van der Waals surface area contributed by atoms with Crippen LogP contribution in [0.15, 0.2) is 48.5 Å². The van der Waals surface area contributed by atoms with E-state index in [1.54, 1.807) is 18.2 Å². The quantitative estimate of drug-likeness (QED) is 0.848. The van der Waals surface area contributed by atoms with Gasteiger partial charge in [0.2, 0.25) is 0 Å². The molecule has 0 atom stereocenters. The number of aromatic hydroxyl groups is 1. The Morgan fingerprint density at radius 1 is 1.00 bits per heavy atom. The van der Waals surface area contributed by atoms with Gasteiger partial charge in [0.15, 0.2) is 0 Å². The number of hydrogen-bond acceptors (Lipinski definition) is 3. The molecule has 0 saturated carbocycles. The summed E-state index contributed by atoms with van der Waals surface area (Å²) in [5, 5.41) is 9.34. The number of hydrogen-bond donors (Lipinski definition) is 2. The van der Waals surface area contributed by atoms with E-state index in [2.05, 4.69) is 0 Å². The summed E-state index contributed by atoms with van der Waals surface area (Å²) in [6, 6.07) is 15.0. The van der Waals surface area contributed by atoms with E-state index in [-0.39, 0.29) is 5.75 Å². The summed E-state index contributed by atoms with van der Waals surface area (Å²) in [6.45, 7) is 1.11. The van der Waals surface area contributed by atoms with E-state index in [1.807, 2.05) is 30.3 Å². The van der Waals surface area contributed by atoms with Crippen LogP contribution >= 0.6 is 0 Å². The average Bonchev–Trinajstić information content (AvgIpc) is 2.38. The third-order valence-electron chi connectivity index (χ3n) is 2.67. The Hall–Kier alpha value is -2.00. The second-order valence-corrected chi connectivity index (χ2v) is 4.14. The van der Waals surface area contributed by atoms with Crippen molar-refractivity contribution in [3.63, 3.8) is 0 Å². The van der Waals surface area contributed by atoms with Crippen LogP contribution in [0.2, 0.25) is 0 Å². The largest absolute Gasteiger partial charge is 0.508 e. The highest BCUT2D eigenvalue weighted by Crippen LogP contribution is 2.16. The van der Waals surface area contributed by atoms with Gasteiger partial charge in [-0.3, -0.25) is 0 Å². The minimum Gasteiger partial charge on any atom is -0.508 e. The molecule has 0 aliphatic rings. The molecule has 2 aromatic carbocycles. The van der Waals surface area contributed by atoms with Gasteiger partial charge in [0, 0.05) is 0 Å². The van der Waals surface area contributed by atoms with Crippen molar-refractivity contribution in [1.82, 2.24) is 0 Å². The topological polar surface area (TPSA) is 55.5 Å². The van der Waals surface area contributed by atoms with Gasteiger partial charge in [-0.2, -0.15) is 0 Å². The Bertz CT molecular complexity index is 494. The zero-order valence-electron chi connectivity index (χ0n) is 10.2. The van der Waals surface area contributed by atoms with Crippen molar-refractivity contribution in [2.45, 2.75) is 13.0 Å². The second-order valence-electron chi connectivity index (χ2n) is 4.14. The maximum Gasteiger partial charge on any atom is 0.119 e. The summed E-state index contributed by atoms with van der Waals surface area (Å²) < 4.78 is 5.64. The SMILES string of the molecule is NCCc1ccc(OCc2cccc(O)c2)cc1. The van der Waals surface area contributed by atoms with E-state index in [4.69, 9.17) is 10.5 Å². The summed E-state index contributed by atoms with van der Waals surface area (Å²) in [5.41, 5.74) is 7.65. The molecule has 3 N–H and O–H groups in total. The molecule has 0 spiro atoms. The van der Waals surface area contributed by atoms with Crippen molar-refractivity contribution in [1.29, 1.82) is 0 Å². The minimum absolute atomic E-state index is 0.259. The Morgan fingerprint density at radius 3 is 2.44 bits per heavy atom. The number of benzene rings is 2. The molecule has 0 aromatic heterocycles. The van der Waals surface area contributed by atoms with Crippen LogP contribution in [-0.4, -0.2) is 11.7 Å². The van der Waals surface area contributed by atoms with Crippen molar-refractivity contribution in [2.75, 3.05) is 6.54 Å². The molecule has 0 amide bonds. The van der Waals surface area contributed by atoms with Crippen molar-refractivity contribution in [3.8, 4) is 11.5 Å². The minimum atomic E-state index is 0.259. The van der Waals surface area contributed by atoms with Crippen LogP contribution in [0.5, 0.6) is 11.5 Å². The molecular weight excluding hydrogens is 226 g/mol. The number of nitrogens with two attached hydrogens (primary N) is 1. The summed E-state index contributed by atoms with van der Waals surface area (Å²) in [4.78, 5) is 0. The molecule has 0 unspecified atom stereocenters. The van der Waals surface area contributed by atoms with Crippen LogP contribution in [0.3, 0.4) is 0 Å². The molecule has 94 valence electrons. The van der Waals surface area contributed by atoms with Gasteiger partial charge >= 0.3 is 0 Å². The lowest BCUT2D eigenvalue weighted by atomic mass is 10.1. The van der Waals surface area contributed by atoms with E-state index < -0.39 is 0 Å². The van der Waals surface area contributed by atoms with Gasteiger partial charge in [-0.05, 0) is 48.4 Å². The monoisotopic (exact) mass is 243 g/mol. The molecule has 18 heavy (non-hydrogen) atoms. The molecule has 0 saturated heterocycles. The first-order valence-electron chi connectivity index (χ1n) is 5.97. The lowest BCUT2D eigenvalue weighted by Gasteiger charge is -2.07. The van der Waals surface area contributed by atoms with Crippen LogP contribution < -0.4 is 10.5 Å². The molecule has 0 aliphatic carbocycles. The van der Waals surface area contributed by atoms with Crippen molar-refractivity contribution in [3.05, 3.63) is 59.7 Å². The molecule has 3 nitrogen and oxygen atoms in total. The van der Waals surface area contributed by atoms with E-state index >= 15 is 0 Å². The van der Waals surface area contributed by atoms with Crippen LogP contribution in [0, 0.1) is 0 Å². The van der Waals surface area contributed by atoms with Gasteiger partial charge in [0.25, 0.3) is 0 Å². The molecule has 0 heterocycles. The summed E-state index contributed by atoms with van der Waals surface area (Å²) in [7, 11) is 0. The van der Waals surface area contributed by atoms with E-state index in [0.29, 0.717) is 13.2 Å². The summed E-state index contributed by atoms with van der Waals surface area (Å²) >= 11 is 0. The standard InChI is InChI=1S/C15H17NO2/c16-9-8-12-4-6-15(7-5-12)18-11-13-2-1-3-14(17)10-13/h1-7,10,17H,8-9,11,16H2. The highest BCUT2D eigenvalue weighted by atomic mass is 16.5. The first kappa shape index (κ1) is 12.5. The predicted molar refractivity (Wildman–Crippen MR) is 71.6 cm³/mol. The first-order chi connectivity index (χ1) is 8.78. The maximum atomic E-state index is 9.34. The molecule has 0 radical (unpaired) electrons. The van der Waals surface area contributed by atoms with Crippen molar-refractivity contribution >= 4 is 0 Å². The number of phenolic OH excluding ortho intramolecular Hbond substituents is 1. The molecule has 2 rings (SSSR count). The second kappa shape index (κ2) is 6.07. The molecule has 0 aliphatic heterocycles. The number of phenols is 1. The number of ether oxygens (including phenoxy) is 1. The highest BCUT2D eigenvalue weighted by Gasteiger charge is 1.98. The average molecular weight is 243 g/mol. The third kappa shape index (κ3) is 3.50. The van der Waals surface area contributed by atoms with E-state index in [1.165, 1.54) is 5.56 Å². The predicted octanol–water partition coefficient (Wildman–Crippen LogP) is 2.47. The van der Waals surface area contributed by atoms with Gasteiger partial charge < -0.3 is 15.6 Å². The van der Waals surface area contributed by atoms with E-state index in [0.717, 1.165) is 17.7 Å². The van der Waals surface area contributed by atoms with Crippen LogP contribution in [-0.2, 0) is 13.0 Å². The molecular formula is C15H17NO2. The Labute approximate surface area is 107 Å². The first-order valence-corrected chi connectivity index (χ1v) is 5.97. The molecule has 3 heteroatoms. The molecule has 2 aromatic rings. The lowest BCUT2D eigenvalue weighted by Crippen LogP contribution is -2.02. The Kier molecular flexibility index (Phi) is 4.20. The highest BCUT2D eigenvalue weighted by molar-refractivity contribution is 5.29. The maximum absolute atomic E-state index is 9.34. The van der Waals surface area contributed by atoms with Gasteiger partial charge in [-0.25, -0.2) is 0 Å². The fourth-order valence-corrected chi connectivity index (χ4v) is 1.73. The Morgan fingerprint density at radius 2 is 1.78 bits per heavy atom. The van der Waals surface area contributed by atoms with Gasteiger partial charge in [0.05, 0.1) is 0 Å². The molecule has 0 bridgehead atoms. The number of rotatable bonds is 5. The van der Waals surface area contributed by atoms with Gasteiger partial charge in [0.1, 0.15) is 18.1 Å². The smallest absolute Gasteiger partial charge is 0.119 e. The van der Waals surface area contributed by atoms with Crippen molar-refractivity contribution in [2.24, 2.45) is 5.73 Å². The fourth-order valence-electron chi connectivity index (χ4n) is 1.73. The third-order valence-corrected chi connectivity index (χ3v) is 2.67. The summed E-state index contributed by atoms with van der Waals surface area (Å²) in [5.74, 6) is 1.08. The zero-order chi connectivity index (χ0) is 12.8. The van der Waals surface area contributed by atoms with Gasteiger partial charge in [-0.15, -0.1) is 0 Å². The molecule has 0 fully saturated rings. The summed E-state index contributed by atoms with van der Waals surface area (Å²) in [6.07, 6.45) is 0.882. The van der Waals surface area contributed by atoms with E-state index in [9.17, 15) is 5.11 Å². The van der Waals surface area contributed by atoms with Crippen LogP contribution in [0.1, 0.15) is 11.1 Å². The zero-order valence-corrected chi connectivity index (χ0v) is 10.2. The normalized spacial score (nSPS) is 10.3. The van der Waals surface area contributed by atoms with Crippen molar-refractivity contribution < 1.29 is 9.84 Å². The lowest BCUT2D eigenvalue weighted by molar-refractivity contribution is 0.305. The fraction of sp³-hybridized carbons (Fsp3) is 0.200. The van der Waals surface area contributed by atoms with Crippen LogP contribution in [0.4, 0.5) is 0 Å². The van der Waals surface area contributed by atoms with Crippen LogP contribution in [0.25, 0.3) is 0 Å².